The molecule has 1 unspecified atom stereocenters. The van der Waals surface area contributed by atoms with Gasteiger partial charge in [-0.05, 0) is 29.8 Å². The Balaban J connectivity index is 1.75. The Hall–Kier alpha value is -2.03. The first kappa shape index (κ1) is 17.4. The lowest BCUT2D eigenvalue weighted by atomic mass is 9.57. The van der Waals surface area contributed by atoms with Gasteiger partial charge in [-0.3, -0.25) is 9.97 Å². The van der Waals surface area contributed by atoms with E-state index in [1.165, 1.54) is 12.3 Å². The maximum atomic E-state index is 13.1. The second kappa shape index (κ2) is 6.00. The molecule has 1 N–H and O–H groups in total. The normalized spacial score (nSPS) is 22.2. The van der Waals surface area contributed by atoms with Gasteiger partial charge in [0.1, 0.15) is 11.8 Å². The first-order valence-electron chi connectivity index (χ1n) is 8.25. The minimum absolute atomic E-state index is 0.249. The van der Waals surface area contributed by atoms with Crippen molar-refractivity contribution in [3.63, 3.8) is 0 Å². The molecule has 2 aliphatic rings. The van der Waals surface area contributed by atoms with Gasteiger partial charge in [0, 0.05) is 30.7 Å². The highest BCUT2D eigenvalue weighted by Crippen LogP contribution is 2.59. The lowest BCUT2D eigenvalue weighted by Crippen LogP contribution is -2.58. The van der Waals surface area contributed by atoms with Crippen molar-refractivity contribution in [1.29, 1.82) is 0 Å². The molecule has 8 heteroatoms. The van der Waals surface area contributed by atoms with Gasteiger partial charge < -0.3 is 14.6 Å². The summed E-state index contributed by atoms with van der Waals surface area (Å²) >= 11 is 0. The molecule has 0 amide bonds. The van der Waals surface area contributed by atoms with Crippen LogP contribution < -0.4 is 0 Å². The Morgan fingerprint density at radius 2 is 1.77 bits per heavy atom. The van der Waals surface area contributed by atoms with Crippen molar-refractivity contribution in [1.82, 2.24) is 9.97 Å². The van der Waals surface area contributed by atoms with Gasteiger partial charge in [0.25, 0.3) is 0 Å². The predicted octanol–water partition coefficient (Wildman–Crippen LogP) is 3.00. The summed E-state index contributed by atoms with van der Waals surface area (Å²) in [6.45, 7) is 0.861. The highest BCUT2D eigenvalue weighted by atomic mass is 19.4. The average molecular weight is 366 g/mol. The molecule has 1 atom stereocenters. The molecule has 1 aliphatic heterocycles. The number of halogens is 3. The van der Waals surface area contributed by atoms with Gasteiger partial charge in [-0.15, -0.1) is 0 Å². The van der Waals surface area contributed by atoms with E-state index in [0.29, 0.717) is 24.5 Å². The number of aliphatic hydroxyl groups is 1. The number of hydrogen-bond donors (Lipinski definition) is 1. The Kier molecular flexibility index (Phi) is 4.02. The molecule has 1 saturated heterocycles. The molecule has 26 heavy (non-hydrogen) atoms. The van der Waals surface area contributed by atoms with Crippen molar-refractivity contribution in [2.75, 3.05) is 13.2 Å². The fourth-order valence-electron chi connectivity index (χ4n) is 3.88. The van der Waals surface area contributed by atoms with Gasteiger partial charge in [-0.2, -0.15) is 13.2 Å². The lowest BCUT2D eigenvalue weighted by molar-refractivity contribution is -0.258. The molecular weight excluding hydrogens is 349 g/mol. The smallest absolute Gasteiger partial charge is 0.386 e. The number of ether oxygens (including phenoxy) is 2. The third-order valence-corrected chi connectivity index (χ3v) is 5.10. The SMILES string of the molecule is OC(c1ccccn1)C1(c2ccnc(C(F)(F)F)c2)CC2(C1)OCCO2. The van der Waals surface area contributed by atoms with E-state index in [2.05, 4.69) is 9.97 Å². The van der Waals surface area contributed by atoms with E-state index in [0.717, 1.165) is 12.3 Å². The van der Waals surface area contributed by atoms with Crippen LogP contribution in [0, 0.1) is 0 Å². The van der Waals surface area contributed by atoms with Gasteiger partial charge in [0.15, 0.2) is 5.79 Å². The molecule has 138 valence electrons. The van der Waals surface area contributed by atoms with E-state index in [1.807, 2.05) is 0 Å². The van der Waals surface area contributed by atoms with E-state index in [-0.39, 0.29) is 12.8 Å². The first-order valence-corrected chi connectivity index (χ1v) is 8.25. The van der Waals surface area contributed by atoms with Crippen LogP contribution in [0.4, 0.5) is 13.2 Å². The highest BCUT2D eigenvalue weighted by molar-refractivity contribution is 5.36. The number of aliphatic hydroxyl groups excluding tert-OH is 1. The van der Waals surface area contributed by atoms with Crippen molar-refractivity contribution in [3.8, 4) is 0 Å². The molecule has 2 aromatic rings. The molecule has 4 rings (SSSR count). The molecule has 3 heterocycles. The van der Waals surface area contributed by atoms with E-state index < -0.39 is 29.2 Å². The van der Waals surface area contributed by atoms with Crippen molar-refractivity contribution in [3.05, 3.63) is 59.7 Å². The minimum atomic E-state index is -4.56. The summed E-state index contributed by atoms with van der Waals surface area (Å²) < 4.78 is 50.6. The fraction of sp³-hybridized carbons (Fsp3) is 0.444. The maximum Gasteiger partial charge on any atom is 0.433 e. The summed E-state index contributed by atoms with van der Waals surface area (Å²) in [5, 5.41) is 11.0. The fourth-order valence-corrected chi connectivity index (χ4v) is 3.88. The predicted molar refractivity (Wildman–Crippen MR) is 84.0 cm³/mol. The lowest BCUT2D eigenvalue weighted by Gasteiger charge is -2.55. The van der Waals surface area contributed by atoms with Gasteiger partial charge in [0.2, 0.25) is 0 Å². The van der Waals surface area contributed by atoms with Gasteiger partial charge in [0.05, 0.1) is 18.9 Å². The van der Waals surface area contributed by atoms with Gasteiger partial charge in [-0.25, -0.2) is 0 Å². The van der Waals surface area contributed by atoms with Crippen LogP contribution in [-0.4, -0.2) is 34.1 Å². The number of nitrogens with zero attached hydrogens (tertiary/aromatic N) is 2. The highest BCUT2D eigenvalue weighted by Gasteiger charge is 2.63. The van der Waals surface area contributed by atoms with E-state index in [1.54, 1.807) is 18.2 Å². The van der Waals surface area contributed by atoms with Crippen LogP contribution in [0.5, 0.6) is 0 Å². The summed E-state index contributed by atoms with van der Waals surface area (Å²) in [7, 11) is 0. The molecular formula is C18H17F3N2O3. The topological polar surface area (TPSA) is 64.5 Å². The van der Waals surface area contributed by atoms with Gasteiger partial charge in [-0.1, -0.05) is 6.07 Å². The summed E-state index contributed by atoms with van der Waals surface area (Å²) in [6.07, 6.45) is -2.50. The Morgan fingerprint density at radius 3 is 2.38 bits per heavy atom. The molecule has 1 spiro atoms. The summed E-state index contributed by atoms with van der Waals surface area (Å²) in [6, 6.07) is 7.59. The molecule has 1 aliphatic carbocycles. The van der Waals surface area contributed by atoms with Crippen molar-refractivity contribution >= 4 is 0 Å². The van der Waals surface area contributed by atoms with Crippen LogP contribution in [0.15, 0.2) is 42.7 Å². The van der Waals surface area contributed by atoms with E-state index >= 15 is 0 Å². The second-order valence-corrected chi connectivity index (χ2v) is 6.70. The molecule has 5 nitrogen and oxygen atoms in total. The standard InChI is InChI=1S/C18H17F3N2O3/c19-18(20,21)14-9-12(4-6-23-14)16(10-17(11-16)25-7-8-26-17)15(24)13-3-1-2-5-22-13/h1-6,9,15,24H,7-8,10-11H2. The number of aromatic nitrogens is 2. The van der Waals surface area contributed by atoms with Crippen LogP contribution >= 0.6 is 0 Å². The zero-order valence-corrected chi connectivity index (χ0v) is 13.7. The summed E-state index contributed by atoms with van der Waals surface area (Å²) in [4.78, 5) is 7.59. The Morgan fingerprint density at radius 1 is 1.04 bits per heavy atom. The monoisotopic (exact) mass is 366 g/mol. The van der Waals surface area contributed by atoms with Crippen molar-refractivity contribution in [2.45, 2.75) is 36.3 Å². The molecule has 1 saturated carbocycles. The molecule has 0 bridgehead atoms. The molecule has 2 aromatic heterocycles. The zero-order chi connectivity index (χ0) is 18.4. The zero-order valence-electron chi connectivity index (χ0n) is 13.7. The average Bonchev–Trinajstić information content (AvgIpc) is 3.09. The molecule has 0 radical (unpaired) electrons. The first-order chi connectivity index (χ1) is 12.3. The van der Waals surface area contributed by atoms with E-state index in [9.17, 15) is 18.3 Å². The summed E-state index contributed by atoms with van der Waals surface area (Å²) in [5.41, 5.74) is -1.23. The quantitative estimate of drug-likeness (QED) is 0.905. The number of hydrogen-bond acceptors (Lipinski definition) is 5. The third kappa shape index (κ3) is 2.78. The number of rotatable bonds is 3. The maximum absolute atomic E-state index is 13.1. The van der Waals surface area contributed by atoms with Crippen LogP contribution in [0.1, 0.15) is 35.9 Å². The molecule has 2 fully saturated rings. The molecule has 0 aromatic carbocycles. The van der Waals surface area contributed by atoms with Crippen LogP contribution in [-0.2, 0) is 21.1 Å². The number of pyridine rings is 2. The van der Waals surface area contributed by atoms with Crippen LogP contribution in [0.2, 0.25) is 0 Å². The Bertz CT molecular complexity index is 784. The summed E-state index contributed by atoms with van der Waals surface area (Å²) in [5.74, 6) is -0.850. The van der Waals surface area contributed by atoms with E-state index in [4.69, 9.17) is 9.47 Å². The second-order valence-electron chi connectivity index (χ2n) is 6.70. The number of alkyl halides is 3. The van der Waals surface area contributed by atoms with Crippen molar-refractivity contribution < 1.29 is 27.8 Å². The van der Waals surface area contributed by atoms with Crippen LogP contribution in [0.25, 0.3) is 0 Å². The third-order valence-electron chi connectivity index (χ3n) is 5.10. The van der Waals surface area contributed by atoms with Crippen molar-refractivity contribution in [2.24, 2.45) is 0 Å². The minimum Gasteiger partial charge on any atom is -0.386 e. The largest absolute Gasteiger partial charge is 0.433 e. The van der Waals surface area contributed by atoms with Gasteiger partial charge >= 0.3 is 6.18 Å². The Labute approximate surface area is 147 Å². The van der Waals surface area contributed by atoms with Crippen LogP contribution in [0.3, 0.4) is 0 Å².